The summed E-state index contributed by atoms with van der Waals surface area (Å²) in [5, 5.41) is 14.8. The monoisotopic (exact) mass is 292 g/mol. The lowest BCUT2D eigenvalue weighted by molar-refractivity contribution is -0.127. The Hall–Kier alpha value is -2.24. The van der Waals surface area contributed by atoms with Crippen molar-refractivity contribution in [2.75, 3.05) is 13.7 Å². The molecule has 6 heteroatoms. The second kappa shape index (κ2) is 6.97. The third-order valence-electron chi connectivity index (χ3n) is 3.49. The minimum Gasteiger partial charge on any atom is -0.493 e. The molecule has 1 aliphatic rings. The van der Waals surface area contributed by atoms with Crippen LogP contribution in [0.1, 0.15) is 31.7 Å². The zero-order valence-corrected chi connectivity index (χ0v) is 12.3. The molecular weight excluding hydrogens is 272 g/mol. The number of hydrogen-bond donors (Lipinski definition) is 2. The predicted octanol–water partition coefficient (Wildman–Crippen LogP) is 1.94. The Morgan fingerprint density at radius 1 is 1.38 bits per heavy atom. The van der Waals surface area contributed by atoms with Gasteiger partial charge in [-0.25, -0.2) is 0 Å². The van der Waals surface area contributed by atoms with Crippen LogP contribution in [-0.2, 0) is 4.79 Å². The molecular formula is C15H20N2O4. The minimum atomic E-state index is -0.500. The fourth-order valence-corrected chi connectivity index (χ4v) is 2.22. The van der Waals surface area contributed by atoms with E-state index in [0.29, 0.717) is 30.2 Å². The van der Waals surface area contributed by atoms with Gasteiger partial charge >= 0.3 is 0 Å². The van der Waals surface area contributed by atoms with Gasteiger partial charge in [0.05, 0.1) is 12.8 Å². The van der Waals surface area contributed by atoms with Gasteiger partial charge in [0.1, 0.15) is 0 Å². The molecule has 1 aromatic carbocycles. The predicted molar refractivity (Wildman–Crippen MR) is 78.3 cm³/mol. The van der Waals surface area contributed by atoms with Crippen molar-refractivity contribution in [3.63, 3.8) is 0 Å². The first-order valence-electron chi connectivity index (χ1n) is 6.97. The summed E-state index contributed by atoms with van der Waals surface area (Å²) in [5.74, 6) is 0.924. The number of carbonyl (C=O) groups excluding carboxylic acids is 1. The van der Waals surface area contributed by atoms with E-state index in [2.05, 4.69) is 10.5 Å². The molecule has 1 heterocycles. The van der Waals surface area contributed by atoms with Crippen LogP contribution >= 0.6 is 0 Å². The Labute approximate surface area is 123 Å². The van der Waals surface area contributed by atoms with E-state index in [1.807, 2.05) is 0 Å². The largest absolute Gasteiger partial charge is 0.493 e. The van der Waals surface area contributed by atoms with Crippen molar-refractivity contribution < 1.29 is 19.5 Å². The van der Waals surface area contributed by atoms with Crippen molar-refractivity contribution in [1.82, 2.24) is 5.32 Å². The first-order chi connectivity index (χ1) is 10.2. The van der Waals surface area contributed by atoms with Gasteiger partial charge in [-0.05, 0) is 44.4 Å². The average molecular weight is 292 g/mol. The standard InChI is InChI=1S/C15H20N2O4/c1-10(17-19)11-6-7-12(14(9-11)20-2)21-13-5-3-4-8-16-15(13)18/h6-7,9,13,19H,3-5,8H2,1-2H3,(H,16,18)/b17-10+. The summed E-state index contributed by atoms with van der Waals surface area (Å²) in [7, 11) is 1.53. The molecule has 0 aromatic heterocycles. The number of benzene rings is 1. The Balaban J connectivity index is 2.21. The van der Waals surface area contributed by atoms with Crippen LogP contribution in [0, 0.1) is 0 Å². The molecule has 1 unspecified atom stereocenters. The molecule has 2 rings (SSSR count). The number of nitrogens with zero attached hydrogens (tertiary/aromatic N) is 1. The maximum atomic E-state index is 11.9. The first-order valence-corrected chi connectivity index (χ1v) is 6.97. The van der Waals surface area contributed by atoms with E-state index >= 15 is 0 Å². The molecule has 1 aromatic rings. The lowest BCUT2D eigenvalue weighted by Crippen LogP contribution is -2.36. The van der Waals surface area contributed by atoms with Crippen LogP contribution in [0.15, 0.2) is 23.4 Å². The molecule has 0 bridgehead atoms. The third kappa shape index (κ3) is 3.65. The van der Waals surface area contributed by atoms with E-state index < -0.39 is 6.10 Å². The van der Waals surface area contributed by atoms with E-state index in [0.717, 1.165) is 18.4 Å². The minimum absolute atomic E-state index is 0.0910. The maximum Gasteiger partial charge on any atom is 0.261 e. The van der Waals surface area contributed by atoms with Gasteiger partial charge < -0.3 is 20.0 Å². The first kappa shape index (κ1) is 15.2. The van der Waals surface area contributed by atoms with Crippen molar-refractivity contribution in [2.45, 2.75) is 32.3 Å². The molecule has 1 atom stereocenters. The molecule has 6 nitrogen and oxygen atoms in total. The van der Waals surface area contributed by atoms with Gasteiger partial charge in [-0.2, -0.15) is 0 Å². The van der Waals surface area contributed by atoms with Crippen LogP contribution in [0.4, 0.5) is 0 Å². The third-order valence-corrected chi connectivity index (χ3v) is 3.49. The Bertz CT molecular complexity index is 542. The zero-order chi connectivity index (χ0) is 15.2. The smallest absolute Gasteiger partial charge is 0.261 e. The summed E-state index contributed by atoms with van der Waals surface area (Å²) in [5.41, 5.74) is 1.21. The van der Waals surface area contributed by atoms with Gasteiger partial charge in [-0.15, -0.1) is 0 Å². The van der Waals surface area contributed by atoms with Gasteiger partial charge in [-0.3, -0.25) is 4.79 Å². The quantitative estimate of drug-likeness (QED) is 0.505. The van der Waals surface area contributed by atoms with Gasteiger partial charge in [0, 0.05) is 12.1 Å². The second-order valence-corrected chi connectivity index (χ2v) is 4.94. The number of rotatable bonds is 4. The van der Waals surface area contributed by atoms with E-state index in [-0.39, 0.29) is 5.91 Å². The number of hydrogen-bond acceptors (Lipinski definition) is 5. The van der Waals surface area contributed by atoms with E-state index in [4.69, 9.17) is 14.7 Å². The van der Waals surface area contributed by atoms with Crippen molar-refractivity contribution in [2.24, 2.45) is 5.16 Å². The number of oxime groups is 1. The molecule has 1 amide bonds. The molecule has 0 saturated carbocycles. The van der Waals surface area contributed by atoms with Crippen LogP contribution < -0.4 is 14.8 Å². The molecule has 1 fully saturated rings. The van der Waals surface area contributed by atoms with Gasteiger partial charge in [0.25, 0.3) is 5.91 Å². The highest BCUT2D eigenvalue weighted by Crippen LogP contribution is 2.30. The van der Waals surface area contributed by atoms with Crippen molar-refractivity contribution in [1.29, 1.82) is 0 Å². The Kier molecular flexibility index (Phi) is 5.03. The Morgan fingerprint density at radius 2 is 2.19 bits per heavy atom. The highest BCUT2D eigenvalue weighted by Gasteiger charge is 2.23. The molecule has 114 valence electrons. The van der Waals surface area contributed by atoms with Crippen LogP contribution in [0.25, 0.3) is 0 Å². The molecule has 1 saturated heterocycles. The van der Waals surface area contributed by atoms with Crippen LogP contribution in [0.5, 0.6) is 11.5 Å². The SMILES string of the molecule is COc1cc(/C(C)=N/O)ccc1OC1CCCCNC1=O. The summed E-state index contributed by atoms with van der Waals surface area (Å²) in [6.45, 7) is 2.38. The fraction of sp³-hybridized carbons (Fsp3) is 0.467. The fourth-order valence-electron chi connectivity index (χ4n) is 2.22. The van der Waals surface area contributed by atoms with Gasteiger partial charge in [-0.1, -0.05) is 5.16 Å². The van der Waals surface area contributed by atoms with Gasteiger partial charge in [0.15, 0.2) is 17.6 Å². The van der Waals surface area contributed by atoms with Crippen LogP contribution in [-0.4, -0.2) is 36.6 Å². The van der Waals surface area contributed by atoms with Crippen molar-refractivity contribution >= 4 is 11.6 Å². The average Bonchev–Trinajstić information content (AvgIpc) is 2.71. The molecule has 0 aliphatic carbocycles. The lowest BCUT2D eigenvalue weighted by atomic mass is 10.1. The normalized spacial score (nSPS) is 19.6. The number of ether oxygens (including phenoxy) is 2. The second-order valence-electron chi connectivity index (χ2n) is 4.94. The molecule has 21 heavy (non-hydrogen) atoms. The number of methoxy groups -OCH3 is 1. The lowest BCUT2D eigenvalue weighted by Gasteiger charge is -2.18. The summed E-state index contributed by atoms with van der Waals surface area (Å²) in [6, 6.07) is 5.21. The molecule has 0 radical (unpaired) electrons. The van der Waals surface area contributed by atoms with E-state index in [1.54, 1.807) is 25.1 Å². The number of nitrogens with one attached hydrogen (secondary N) is 1. The molecule has 1 aliphatic heterocycles. The number of amides is 1. The summed E-state index contributed by atoms with van der Waals surface area (Å²) >= 11 is 0. The van der Waals surface area contributed by atoms with Crippen molar-refractivity contribution in [3.8, 4) is 11.5 Å². The number of carbonyl (C=O) groups is 1. The topological polar surface area (TPSA) is 80.2 Å². The summed E-state index contributed by atoms with van der Waals surface area (Å²) in [6.07, 6.45) is 2.10. The maximum absolute atomic E-state index is 11.9. The highest BCUT2D eigenvalue weighted by atomic mass is 16.5. The van der Waals surface area contributed by atoms with E-state index in [9.17, 15) is 4.79 Å². The molecule has 0 spiro atoms. The van der Waals surface area contributed by atoms with E-state index in [1.165, 1.54) is 7.11 Å². The van der Waals surface area contributed by atoms with Crippen molar-refractivity contribution in [3.05, 3.63) is 23.8 Å². The summed E-state index contributed by atoms with van der Waals surface area (Å²) < 4.78 is 11.1. The summed E-state index contributed by atoms with van der Waals surface area (Å²) in [4.78, 5) is 11.9. The Morgan fingerprint density at radius 3 is 2.90 bits per heavy atom. The van der Waals surface area contributed by atoms with Crippen LogP contribution in [0.2, 0.25) is 0 Å². The van der Waals surface area contributed by atoms with Gasteiger partial charge in [0.2, 0.25) is 0 Å². The molecule has 2 N–H and O–H groups in total. The van der Waals surface area contributed by atoms with Crippen LogP contribution in [0.3, 0.4) is 0 Å². The highest BCUT2D eigenvalue weighted by molar-refractivity contribution is 5.98. The zero-order valence-electron chi connectivity index (χ0n) is 12.3.